The molecule has 1 saturated heterocycles. The molecule has 1 aliphatic heterocycles. The molecule has 3 rings (SSSR count). The van der Waals surface area contributed by atoms with E-state index in [1.165, 1.54) is 18.2 Å². The summed E-state index contributed by atoms with van der Waals surface area (Å²) in [6, 6.07) is 7.69. The maximum Gasteiger partial charge on any atom is 0.191 e. The van der Waals surface area contributed by atoms with E-state index >= 15 is 0 Å². The number of anilines is 1. The van der Waals surface area contributed by atoms with Crippen molar-refractivity contribution in [2.45, 2.75) is 25.9 Å². The summed E-state index contributed by atoms with van der Waals surface area (Å²) in [5.74, 6) is 0.439. The largest absolute Gasteiger partial charge is 0.357 e. The van der Waals surface area contributed by atoms with E-state index in [2.05, 4.69) is 36.5 Å². The number of rotatable bonds is 5. The van der Waals surface area contributed by atoms with Crippen molar-refractivity contribution in [3.63, 3.8) is 0 Å². The zero-order valence-electron chi connectivity index (χ0n) is 15.5. The van der Waals surface area contributed by atoms with Crippen molar-refractivity contribution in [3.05, 3.63) is 58.2 Å². The summed E-state index contributed by atoms with van der Waals surface area (Å²) in [7, 11) is 0. The molecule has 9 heteroatoms. The Morgan fingerprint density at radius 3 is 2.93 bits per heavy atom. The van der Waals surface area contributed by atoms with E-state index < -0.39 is 0 Å². The Labute approximate surface area is 189 Å². The highest BCUT2D eigenvalue weighted by atomic mass is 127. The molecule has 1 aromatic carbocycles. The van der Waals surface area contributed by atoms with Gasteiger partial charge in [0.2, 0.25) is 0 Å². The first kappa shape index (κ1) is 22.8. The van der Waals surface area contributed by atoms with E-state index in [1.54, 1.807) is 18.3 Å². The molecule has 0 radical (unpaired) electrons. The van der Waals surface area contributed by atoms with Gasteiger partial charge >= 0.3 is 0 Å². The third-order valence-corrected chi connectivity index (χ3v) is 5.10. The number of nitrogens with one attached hydrogen (secondary N) is 2. The number of benzene rings is 1. The van der Waals surface area contributed by atoms with E-state index in [0.29, 0.717) is 31.4 Å². The van der Waals surface area contributed by atoms with Crippen LogP contribution in [0.25, 0.3) is 0 Å². The van der Waals surface area contributed by atoms with Gasteiger partial charge in [-0.15, -0.1) is 24.0 Å². The van der Waals surface area contributed by atoms with E-state index in [-0.39, 0.29) is 41.7 Å². The minimum Gasteiger partial charge on any atom is -0.357 e. The molecule has 1 fully saturated rings. The lowest BCUT2D eigenvalue weighted by atomic mass is 10.2. The van der Waals surface area contributed by atoms with Crippen LogP contribution in [0.15, 0.2) is 46.0 Å². The van der Waals surface area contributed by atoms with E-state index in [1.807, 2.05) is 11.8 Å². The second-order valence-corrected chi connectivity index (χ2v) is 7.17. The number of nitrogens with zero attached hydrogens (tertiary/aromatic N) is 3. The molecule has 0 amide bonds. The molecule has 28 heavy (non-hydrogen) atoms. The molecule has 0 saturated carbocycles. The Morgan fingerprint density at radius 1 is 1.36 bits per heavy atom. The minimum atomic E-state index is -0.310. The Bertz CT molecular complexity index is 821. The Balaban J connectivity index is 0.00000280. The van der Waals surface area contributed by atoms with Gasteiger partial charge in [0.05, 0.1) is 6.54 Å². The number of hydrogen-bond donors (Lipinski definition) is 2. The summed E-state index contributed by atoms with van der Waals surface area (Å²) in [6.45, 7) is 4.41. The fraction of sp³-hybridized carbons (Fsp3) is 0.368. The highest BCUT2D eigenvalue weighted by Crippen LogP contribution is 2.21. The van der Waals surface area contributed by atoms with Crippen LogP contribution in [0.1, 0.15) is 18.9 Å². The SMILES string of the molecule is CCNC(=NCc1cc(F)ccc1Br)NC1CCN(c2ncccc2F)C1.I. The number of pyridine rings is 1. The van der Waals surface area contributed by atoms with Crippen LogP contribution in [0.5, 0.6) is 0 Å². The summed E-state index contributed by atoms with van der Waals surface area (Å²) in [4.78, 5) is 10.6. The van der Waals surface area contributed by atoms with Gasteiger partial charge in [-0.2, -0.15) is 0 Å². The molecular formula is C19H23BrF2IN5. The van der Waals surface area contributed by atoms with Gasteiger partial charge in [-0.25, -0.2) is 18.8 Å². The predicted octanol–water partition coefficient (Wildman–Crippen LogP) is 4.07. The topological polar surface area (TPSA) is 52.6 Å². The standard InChI is InChI=1S/C19H22BrF2N5.HI/c1-2-23-19(25-11-13-10-14(21)5-6-16(13)20)26-15-7-9-27(12-15)18-17(22)4-3-8-24-18;/h3-6,8,10,15H,2,7,9,11-12H2,1H3,(H2,23,25,26);1H. The van der Waals surface area contributed by atoms with E-state index in [9.17, 15) is 8.78 Å². The van der Waals surface area contributed by atoms with Gasteiger partial charge in [-0.05, 0) is 49.2 Å². The molecule has 2 N–H and O–H groups in total. The zero-order valence-corrected chi connectivity index (χ0v) is 19.4. The van der Waals surface area contributed by atoms with Crippen molar-refractivity contribution in [2.24, 2.45) is 4.99 Å². The fourth-order valence-electron chi connectivity index (χ4n) is 3.02. The average Bonchev–Trinajstić information content (AvgIpc) is 3.11. The van der Waals surface area contributed by atoms with E-state index in [4.69, 9.17) is 0 Å². The van der Waals surface area contributed by atoms with Crippen LogP contribution in [-0.2, 0) is 6.54 Å². The molecule has 1 aliphatic rings. The second kappa shape index (κ2) is 10.9. The van der Waals surface area contributed by atoms with Crippen LogP contribution in [-0.4, -0.2) is 36.6 Å². The lowest BCUT2D eigenvalue weighted by molar-refractivity contribution is 0.612. The normalized spacial score (nSPS) is 16.6. The lowest BCUT2D eigenvalue weighted by Gasteiger charge is -2.20. The summed E-state index contributed by atoms with van der Waals surface area (Å²) < 4.78 is 28.2. The maximum atomic E-state index is 13.9. The minimum absolute atomic E-state index is 0. The quantitative estimate of drug-likeness (QED) is 0.326. The first-order valence-electron chi connectivity index (χ1n) is 8.91. The molecule has 1 unspecified atom stereocenters. The van der Waals surface area contributed by atoms with Crippen molar-refractivity contribution in [2.75, 3.05) is 24.5 Å². The third-order valence-electron chi connectivity index (χ3n) is 4.33. The van der Waals surface area contributed by atoms with Gasteiger partial charge in [-0.1, -0.05) is 15.9 Å². The van der Waals surface area contributed by atoms with Crippen LogP contribution in [0.2, 0.25) is 0 Å². The highest BCUT2D eigenvalue weighted by molar-refractivity contribution is 14.0. The monoisotopic (exact) mass is 565 g/mol. The molecule has 1 atom stereocenters. The van der Waals surface area contributed by atoms with Gasteiger partial charge in [0.15, 0.2) is 17.6 Å². The van der Waals surface area contributed by atoms with Crippen LogP contribution in [0, 0.1) is 11.6 Å². The first-order valence-corrected chi connectivity index (χ1v) is 9.70. The molecule has 1 aromatic heterocycles. The summed E-state index contributed by atoms with van der Waals surface area (Å²) in [6.07, 6.45) is 2.45. The maximum absolute atomic E-state index is 13.9. The van der Waals surface area contributed by atoms with Crippen molar-refractivity contribution < 1.29 is 8.78 Å². The summed E-state index contributed by atoms with van der Waals surface area (Å²) in [5, 5.41) is 6.58. The number of halogens is 4. The zero-order chi connectivity index (χ0) is 19.2. The molecule has 0 aliphatic carbocycles. The molecule has 152 valence electrons. The Morgan fingerprint density at radius 2 is 2.18 bits per heavy atom. The predicted molar refractivity (Wildman–Crippen MR) is 122 cm³/mol. The smallest absolute Gasteiger partial charge is 0.191 e. The average molecular weight is 566 g/mol. The van der Waals surface area contributed by atoms with E-state index in [0.717, 1.165) is 23.0 Å². The molecule has 0 spiro atoms. The number of hydrogen-bond acceptors (Lipinski definition) is 3. The van der Waals surface area contributed by atoms with Gasteiger partial charge in [-0.3, -0.25) is 0 Å². The van der Waals surface area contributed by atoms with Crippen molar-refractivity contribution in [3.8, 4) is 0 Å². The van der Waals surface area contributed by atoms with Crippen molar-refractivity contribution >= 4 is 51.7 Å². The van der Waals surface area contributed by atoms with Gasteiger partial charge in [0.1, 0.15) is 5.82 Å². The summed E-state index contributed by atoms with van der Waals surface area (Å²) in [5.41, 5.74) is 0.774. The summed E-state index contributed by atoms with van der Waals surface area (Å²) >= 11 is 3.42. The van der Waals surface area contributed by atoms with Crippen LogP contribution >= 0.6 is 39.9 Å². The lowest BCUT2D eigenvalue weighted by Crippen LogP contribution is -2.44. The number of aromatic nitrogens is 1. The molecule has 2 heterocycles. The molecule has 2 aromatic rings. The Kier molecular flexibility index (Phi) is 8.87. The number of aliphatic imine (C=N–C) groups is 1. The molecule has 0 bridgehead atoms. The van der Waals surface area contributed by atoms with Crippen LogP contribution < -0.4 is 15.5 Å². The second-order valence-electron chi connectivity index (χ2n) is 6.32. The third kappa shape index (κ3) is 6.00. The van der Waals surface area contributed by atoms with Gasteiger partial charge in [0, 0.05) is 36.3 Å². The van der Waals surface area contributed by atoms with Crippen LogP contribution in [0.3, 0.4) is 0 Å². The first-order chi connectivity index (χ1) is 13.1. The highest BCUT2D eigenvalue weighted by Gasteiger charge is 2.25. The van der Waals surface area contributed by atoms with Gasteiger partial charge < -0.3 is 15.5 Å². The van der Waals surface area contributed by atoms with Crippen molar-refractivity contribution in [1.29, 1.82) is 0 Å². The number of guanidine groups is 1. The van der Waals surface area contributed by atoms with Crippen LogP contribution in [0.4, 0.5) is 14.6 Å². The molecular weight excluding hydrogens is 543 g/mol. The van der Waals surface area contributed by atoms with Gasteiger partial charge in [0.25, 0.3) is 0 Å². The fourth-order valence-corrected chi connectivity index (χ4v) is 3.39. The molecule has 5 nitrogen and oxygen atoms in total. The van der Waals surface area contributed by atoms with Crippen molar-refractivity contribution in [1.82, 2.24) is 15.6 Å². The Hall–Kier alpha value is -1.49.